The fourth-order valence-electron chi connectivity index (χ4n) is 2.84. The lowest BCUT2D eigenvalue weighted by Gasteiger charge is -2.17. The lowest BCUT2D eigenvalue weighted by atomic mass is 10.2. The van der Waals surface area contributed by atoms with Gasteiger partial charge in [0, 0.05) is 19.1 Å². The Morgan fingerprint density at radius 2 is 2.05 bits per heavy atom. The summed E-state index contributed by atoms with van der Waals surface area (Å²) >= 11 is 0. The third-order valence-corrected chi connectivity index (χ3v) is 4.12. The van der Waals surface area contributed by atoms with Crippen LogP contribution in [0.1, 0.15) is 24.8 Å². The minimum absolute atomic E-state index is 0.0245. The predicted octanol–water partition coefficient (Wildman–Crippen LogP) is 1.27. The number of fused-ring (bicyclic) bond motifs is 1. The highest BCUT2D eigenvalue weighted by Gasteiger charge is 2.35. The van der Waals surface area contributed by atoms with Crippen molar-refractivity contribution in [3.63, 3.8) is 0 Å². The van der Waals surface area contributed by atoms with Gasteiger partial charge in [-0.3, -0.25) is 4.79 Å². The van der Waals surface area contributed by atoms with Crippen molar-refractivity contribution in [3.8, 4) is 11.5 Å². The number of carbonyl (C=O) groups is 1. The Balaban J connectivity index is 1.42. The molecule has 1 atom stereocenters. The Bertz CT molecular complexity index is 542. The van der Waals surface area contributed by atoms with E-state index in [-0.39, 0.29) is 18.7 Å². The van der Waals surface area contributed by atoms with E-state index in [1.807, 2.05) is 23.1 Å². The third-order valence-electron chi connectivity index (χ3n) is 4.12. The summed E-state index contributed by atoms with van der Waals surface area (Å²) < 4.78 is 10.7. The van der Waals surface area contributed by atoms with E-state index in [0.717, 1.165) is 30.0 Å². The van der Waals surface area contributed by atoms with Crippen molar-refractivity contribution in [1.82, 2.24) is 10.2 Å². The van der Waals surface area contributed by atoms with Crippen molar-refractivity contribution < 1.29 is 14.3 Å². The van der Waals surface area contributed by atoms with Gasteiger partial charge in [-0.1, -0.05) is 6.07 Å². The maximum absolute atomic E-state index is 12.3. The van der Waals surface area contributed by atoms with Crippen LogP contribution in [0.2, 0.25) is 0 Å². The standard InChI is InChI=1S/C15H18N2O3/c18-15-12(16-11-2-3-11)5-6-17(15)8-10-1-4-13-14(7-10)20-9-19-13/h1,4,7,11-12,16H,2-3,5-6,8-9H2. The highest BCUT2D eigenvalue weighted by Crippen LogP contribution is 2.33. The van der Waals surface area contributed by atoms with Crippen molar-refractivity contribution in [2.45, 2.75) is 37.9 Å². The maximum atomic E-state index is 12.3. The number of nitrogens with zero attached hydrogens (tertiary/aromatic N) is 1. The van der Waals surface area contributed by atoms with Crippen LogP contribution in [0.4, 0.5) is 0 Å². The SMILES string of the molecule is O=C1C(NC2CC2)CCN1Cc1ccc2c(c1)OCO2. The first-order chi connectivity index (χ1) is 9.79. The average Bonchev–Trinajstić information content (AvgIpc) is 3.04. The van der Waals surface area contributed by atoms with Crippen LogP contribution < -0.4 is 14.8 Å². The van der Waals surface area contributed by atoms with Gasteiger partial charge in [0.2, 0.25) is 12.7 Å². The summed E-state index contributed by atoms with van der Waals surface area (Å²) in [6.07, 6.45) is 3.35. The number of benzene rings is 1. The van der Waals surface area contributed by atoms with E-state index in [2.05, 4.69) is 5.32 Å². The molecule has 0 bridgehead atoms. The quantitative estimate of drug-likeness (QED) is 0.898. The number of carbonyl (C=O) groups excluding carboxylic acids is 1. The molecule has 1 aliphatic carbocycles. The molecule has 1 unspecified atom stereocenters. The fourth-order valence-corrected chi connectivity index (χ4v) is 2.84. The Hall–Kier alpha value is -1.75. The van der Waals surface area contributed by atoms with E-state index < -0.39 is 0 Å². The second kappa shape index (κ2) is 4.66. The normalized spacial score (nSPS) is 24.5. The Labute approximate surface area is 117 Å². The molecule has 4 rings (SSSR count). The molecule has 1 saturated heterocycles. The summed E-state index contributed by atoms with van der Waals surface area (Å²) in [6.45, 7) is 1.77. The number of likely N-dealkylation sites (tertiary alicyclic amines) is 1. The van der Waals surface area contributed by atoms with Crippen molar-refractivity contribution >= 4 is 5.91 Å². The third kappa shape index (κ3) is 2.22. The topological polar surface area (TPSA) is 50.8 Å². The molecule has 20 heavy (non-hydrogen) atoms. The Morgan fingerprint density at radius 1 is 1.20 bits per heavy atom. The van der Waals surface area contributed by atoms with Gasteiger partial charge in [0.1, 0.15) is 0 Å². The fraction of sp³-hybridized carbons (Fsp3) is 0.533. The number of rotatable bonds is 4. The minimum atomic E-state index is 0.0245. The highest BCUT2D eigenvalue weighted by atomic mass is 16.7. The van der Waals surface area contributed by atoms with Crippen LogP contribution in [0, 0.1) is 0 Å². The van der Waals surface area contributed by atoms with Gasteiger partial charge in [-0.2, -0.15) is 0 Å². The molecule has 1 saturated carbocycles. The minimum Gasteiger partial charge on any atom is -0.454 e. The summed E-state index contributed by atoms with van der Waals surface area (Å²) in [5, 5.41) is 3.42. The van der Waals surface area contributed by atoms with E-state index in [4.69, 9.17) is 9.47 Å². The number of ether oxygens (including phenoxy) is 2. The zero-order valence-corrected chi connectivity index (χ0v) is 11.3. The molecule has 0 spiro atoms. The first-order valence-electron chi connectivity index (χ1n) is 7.23. The monoisotopic (exact) mass is 274 g/mol. The van der Waals surface area contributed by atoms with Crippen LogP contribution in [0.15, 0.2) is 18.2 Å². The summed E-state index contributed by atoms with van der Waals surface area (Å²) in [5.74, 6) is 1.80. The zero-order chi connectivity index (χ0) is 13.5. The van der Waals surface area contributed by atoms with Crippen LogP contribution >= 0.6 is 0 Å². The van der Waals surface area contributed by atoms with Gasteiger partial charge in [0.25, 0.3) is 0 Å². The number of nitrogens with one attached hydrogen (secondary N) is 1. The van der Waals surface area contributed by atoms with Crippen molar-refractivity contribution in [3.05, 3.63) is 23.8 Å². The van der Waals surface area contributed by atoms with Crippen LogP contribution in [-0.4, -0.2) is 36.2 Å². The molecule has 2 fully saturated rings. The average molecular weight is 274 g/mol. The largest absolute Gasteiger partial charge is 0.454 e. The molecule has 5 nitrogen and oxygen atoms in total. The van der Waals surface area contributed by atoms with E-state index in [1.165, 1.54) is 12.8 Å². The van der Waals surface area contributed by atoms with Crippen LogP contribution in [0.5, 0.6) is 11.5 Å². The van der Waals surface area contributed by atoms with Gasteiger partial charge in [-0.05, 0) is 37.0 Å². The van der Waals surface area contributed by atoms with Gasteiger partial charge < -0.3 is 19.7 Å². The van der Waals surface area contributed by atoms with Crippen molar-refractivity contribution in [2.24, 2.45) is 0 Å². The first kappa shape index (κ1) is 12.0. The van der Waals surface area contributed by atoms with Gasteiger partial charge >= 0.3 is 0 Å². The molecule has 1 aromatic rings. The lowest BCUT2D eigenvalue weighted by molar-refractivity contribution is -0.129. The number of hydrogen-bond acceptors (Lipinski definition) is 4. The maximum Gasteiger partial charge on any atom is 0.240 e. The van der Waals surface area contributed by atoms with E-state index in [1.54, 1.807) is 0 Å². The van der Waals surface area contributed by atoms with Gasteiger partial charge in [-0.15, -0.1) is 0 Å². The number of amides is 1. The second-order valence-corrected chi connectivity index (χ2v) is 5.73. The van der Waals surface area contributed by atoms with Gasteiger partial charge in [0.15, 0.2) is 11.5 Å². The highest BCUT2D eigenvalue weighted by molar-refractivity contribution is 5.84. The molecule has 0 radical (unpaired) electrons. The van der Waals surface area contributed by atoms with E-state index in [0.29, 0.717) is 12.6 Å². The van der Waals surface area contributed by atoms with E-state index in [9.17, 15) is 4.79 Å². The molecule has 2 aliphatic heterocycles. The smallest absolute Gasteiger partial charge is 0.240 e. The Kier molecular flexibility index (Phi) is 2.80. The van der Waals surface area contributed by atoms with Crippen LogP contribution in [-0.2, 0) is 11.3 Å². The molecule has 1 aromatic carbocycles. The molecule has 3 aliphatic rings. The summed E-state index contributed by atoms with van der Waals surface area (Å²) in [4.78, 5) is 14.2. The summed E-state index contributed by atoms with van der Waals surface area (Å²) in [7, 11) is 0. The molecule has 0 aromatic heterocycles. The predicted molar refractivity (Wildman–Crippen MR) is 72.5 cm³/mol. The molecular weight excluding hydrogens is 256 g/mol. The van der Waals surface area contributed by atoms with Crippen molar-refractivity contribution in [1.29, 1.82) is 0 Å². The summed E-state index contributed by atoms with van der Waals surface area (Å²) in [6, 6.07) is 6.49. The van der Waals surface area contributed by atoms with Crippen LogP contribution in [0.3, 0.4) is 0 Å². The number of hydrogen-bond donors (Lipinski definition) is 1. The zero-order valence-electron chi connectivity index (χ0n) is 11.3. The second-order valence-electron chi connectivity index (χ2n) is 5.73. The molecule has 1 N–H and O–H groups in total. The Morgan fingerprint density at radius 3 is 2.90 bits per heavy atom. The van der Waals surface area contributed by atoms with Gasteiger partial charge in [-0.25, -0.2) is 0 Å². The first-order valence-corrected chi connectivity index (χ1v) is 7.23. The molecule has 5 heteroatoms. The lowest BCUT2D eigenvalue weighted by Crippen LogP contribution is -2.39. The molecule has 1 amide bonds. The molecular formula is C15H18N2O3. The van der Waals surface area contributed by atoms with Crippen molar-refractivity contribution in [2.75, 3.05) is 13.3 Å². The summed E-state index contributed by atoms with van der Waals surface area (Å²) in [5.41, 5.74) is 1.09. The van der Waals surface area contributed by atoms with Gasteiger partial charge in [0.05, 0.1) is 6.04 Å². The molecule has 106 valence electrons. The molecule has 2 heterocycles. The van der Waals surface area contributed by atoms with Crippen LogP contribution in [0.25, 0.3) is 0 Å². The van der Waals surface area contributed by atoms with E-state index >= 15 is 0 Å².